The van der Waals surface area contributed by atoms with Gasteiger partial charge >= 0.3 is 0 Å². The molecule has 0 bridgehead atoms. The van der Waals surface area contributed by atoms with Crippen molar-refractivity contribution in [1.29, 1.82) is 0 Å². The molecule has 0 saturated carbocycles. The molecule has 1 rings (SSSR count). The van der Waals surface area contributed by atoms with Crippen LogP contribution in [0.15, 0.2) is 26.9 Å². The number of sulfonamides is 1. The Bertz CT molecular complexity index is 480. The third-order valence-electron chi connectivity index (χ3n) is 2.08. The summed E-state index contributed by atoms with van der Waals surface area (Å²) in [7, 11) is -3.58. The minimum atomic E-state index is -3.58. The van der Waals surface area contributed by atoms with Gasteiger partial charge < -0.3 is 10.9 Å². The maximum Gasteiger partial charge on any atom is 0.253 e. The van der Waals surface area contributed by atoms with E-state index < -0.39 is 10.0 Å². The molecule has 96 valence electrons. The highest BCUT2D eigenvalue weighted by Gasteiger charge is 2.28. The van der Waals surface area contributed by atoms with Gasteiger partial charge in [0.2, 0.25) is 0 Å². The van der Waals surface area contributed by atoms with Crippen molar-refractivity contribution >= 4 is 27.2 Å². The number of thiophene rings is 1. The Hall–Kier alpha value is -1.12. The van der Waals surface area contributed by atoms with Gasteiger partial charge in [-0.1, -0.05) is 11.2 Å². The van der Waals surface area contributed by atoms with Crippen LogP contribution in [0.5, 0.6) is 0 Å². The van der Waals surface area contributed by atoms with Crippen LogP contribution in [0.4, 0.5) is 0 Å². The Kier molecular flexibility index (Phi) is 4.49. The summed E-state index contributed by atoms with van der Waals surface area (Å²) in [6.07, 6.45) is 0. The molecule has 1 heterocycles. The standard InChI is InChI=1S/C9H15N3O3S2/c1-7(2)12(6-8(10)11-13)17(14,15)9-4-3-5-16-9/h3-5,7,13H,6H2,1-2H3,(H2,10,11). The van der Waals surface area contributed by atoms with Crippen molar-refractivity contribution in [3.05, 3.63) is 17.5 Å². The summed E-state index contributed by atoms with van der Waals surface area (Å²) in [6, 6.07) is 2.92. The third-order valence-corrected chi connectivity index (χ3v) is 5.48. The zero-order valence-corrected chi connectivity index (χ0v) is 11.2. The molecule has 0 atom stereocenters. The lowest BCUT2D eigenvalue weighted by Gasteiger charge is -2.24. The monoisotopic (exact) mass is 277 g/mol. The van der Waals surface area contributed by atoms with Gasteiger partial charge in [0.25, 0.3) is 10.0 Å². The molecule has 1 aromatic heterocycles. The number of hydrogen-bond acceptors (Lipinski definition) is 5. The Labute approximate surface area is 104 Å². The van der Waals surface area contributed by atoms with Crippen LogP contribution in [0.25, 0.3) is 0 Å². The summed E-state index contributed by atoms with van der Waals surface area (Å²) in [4.78, 5) is 0. The number of nitrogens with two attached hydrogens (primary N) is 1. The topological polar surface area (TPSA) is 96.0 Å². The van der Waals surface area contributed by atoms with Crippen molar-refractivity contribution in [3.63, 3.8) is 0 Å². The average molecular weight is 277 g/mol. The van der Waals surface area contributed by atoms with Crippen molar-refractivity contribution < 1.29 is 13.6 Å². The molecule has 0 aliphatic rings. The van der Waals surface area contributed by atoms with E-state index in [4.69, 9.17) is 10.9 Å². The Balaban J connectivity index is 3.08. The van der Waals surface area contributed by atoms with E-state index in [1.807, 2.05) is 0 Å². The zero-order chi connectivity index (χ0) is 13.1. The highest BCUT2D eigenvalue weighted by molar-refractivity contribution is 7.91. The summed E-state index contributed by atoms with van der Waals surface area (Å²) in [5.41, 5.74) is 5.36. The number of rotatable bonds is 5. The van der Waals surface area contributed by atoms with Gasteiger partial charge in [-0.3, -0.25) is 0 Å². The molecule has 6 nitrogen and oxygen atoms in total. The average Bonchev–Trinajstić information content (AvgIpc) is 2.78. The minimum absolute atomic E-state index is 0.131. The fourth-order valence-electron chi connectivity index (χ4n) is 1.26. The summed E-state index contributed by atoms with van der Waals surface area (Å²) in [5.74, 6) is -0.140. The lowest BCUT2D eigenvalue weighted by molar-refractivity contribution is 0.312. The Morgan fingerprint density at radius 1 is 1.65 bits per heavy atom. The van der Waals surface area contributed by atoms with Gasteiger partial charge in [0.15, 0.2) is 5.84 Å². The second kappa shape index (κ2) is 5.48. The van der Waals surface area contributed by atoms with E-state index in [1.165, 1.54) is 10.4 Å². The maximum atomic E-state index is 12.2. The highest BCUT2D eigenvalue weighted by Crippen LogP contribution is 2.22. The van der Waals surface area contributed by atoms with Gasteiger partial charge in [0, 0.05) is 6.04 Å². The molecule has 0 radical (unpaired) electrons. The van der Waals surface area contributed by atoms with Gasteiger partial charge in [-0.15, -0.1) is 11.3 Å². The highest BCUT2D eigenvalue weighted by atomic mass is 32.2. The van der Waals surface area contributed by atoms with Crippen LogP contribution >= 0.6 is 11.3 Å². The van der Waals surface area contributed by atoms with E-state index in [9.17, 15) is 8.42 Å². The Morgan fingerprint density at radius 2 is 2.29 bits per heavy atom. The van der Waals surface area contributed by atoms with E-state index in [0.717, 1.165) is 11.3 Å². The summed E-state index contributed by atoms with van der Waals surface area (Å²) < 4.78 is 25.9. The van der Waals surface area contributed by atoms with E-state index in [-0.39, 0.29) is 22.6 Å². The molecule has 0 saturated heterocycles. The molecule has 8 heteroatoms. The first-order valence-corrected chi connectivity index (χ1v) is 7.23. The first kappa shape index (κ1) is 13.9. The van der Waals surface area contributed by atoms with E-state index in [2.05, 4.69) is 5.16 Å². The van der Waals surface area contributed by atoms with Crippen molar-refractivity contribution in [3.8, 4) is 0 Å². The van der Waals surface area contributed by atoms with Crippen LogP contribution in [0, 0.1) is 0 Å². The van der Waals surface area contributed by atoms with Crippen LogP contribution in [0.2, 0.25) is 0 Å². The molecule has 0 aliphatic heterocycles. The number of hydrogen-bond donors (Lipinski definition) is 2. The summed E-state index contributed by atoms with van der Waals surface area (Å²) in [6.45, 7) is 3.33. The molecule has 0 aliphatic carbocycles. The first-order chi connectivity index (χ1) is 7.89. The fraction of sp³-hybridized carbons (Fsp3) is 0.444. The number of nitrogens with zero attached hydrogens (tertiary/aromatic N) is 2. The van der Waals surface area contributed by atoms with Crippen molar-refractivity contribution in [2.45, 2.75) is 24.1 Å². The smallest absolute Gasteiger partial charge is 0.253 e. The van der Waals surface area contributed by atoms with Gasteiger partial charge in [0.05, 0.1) is 6.54 Å². The van der Waals surface area contributed by atoms with E-state index in [0.29, 0.717) is 0 Å². The van der Waals surface area contributed by atoms with E-state index >= 15 is 0 Å². The zero-order valence-electron chi connectivity index (χ0n) is 9.57. The van der Waals surface area contributed by atoms with Crippen LogP contribution in [0.1, 0.15) is 13.8 Å². The van der Waals surface area contributed by atoms with Crippen LogP contribution in [-0.2, 0) is 10.0 Å². The molecule has 0 fully saturated rings. The Morgan fingerprint density at radius 3 is 2.71 bits per heavy atom. The van der Waals surface area contributed by atoms with Crippen LogP contribution < -0.4 is 5.73 Å². The van der Waals surface area contributed by atoms with Crippen LogP contribution in [-0.4, -0.2) is 36.4 Å². The molecule has 17 heavy (non-hydrogen) atoms. The van der Waals surface area contributed by atoms with Crippen molar-refractivity contribution in [2.24, 2.45) is 10.9 Å². The van der Waals surface area contributed by atoms with E-state index in [1.54, 1.807) is 25.3 Å². The van der Waals surface area contributed by atoms with Crippen molar-refractivity contribution in [1.82, 2.24) is 4.31 Å². The molecule has 0 unspecified atom stereocenters. The van der Waals surface area contributed by atoms with Crippen molar-refractivity contribution in [2.75, 3.05) is 6.54 Å². The number of amidine groups is 1. The summed E-state index contributed by atoms with van der Waals surface area (Å²) >= 11 is 1.14. The molecule has 0 amide bonds. The molecular formula is C9H15N3O3S2. The molecule has 1 aromatic rings. The predicted octanol–water partition coefficient (Wildman–Crippen LogP) is 0.894. The minimum Gasteiger partial charge on any atom is -0.409 e. The molecule has 3 N–H and O–H groups in total. The fourth-order valence-corrected chi connectivity index (χ4v) is 3.99. The second-order valence-corrected chi connectivity index (χ2v) is 6.73. The molecule has 0 spiro atoms. The van der Waals surface area contributed by atoms with Crippen LogP contribution in [0.3, 0.4) is 0 Å². The summed E-state index contributed by atoms with van der Waals surface area (Å²) in [5, 5.41) is 13.0. The third kappa shape index (κ3) is 3.18. The SMILES string of the molecule is CC(C)N(CC(N)=NO)S(=O)(=O)c1cccs1. The predicted molar refractivity (Wildman–Crippen MR) is 66.8 cm³/mol. The lowest BCUT2D eigenvalue weighted by atomic mass is 10.4. The van der Waals surface area contributed by atoms with Gasteiger partial charge in [-0.25, -0.2) is 8.42 Å². The number of oxime groups is 1. The quantitative estimate of drug-likeness (QED) is 0.361. The van der Waals surface area contributed by atoms with Gasteiger partial charge in [-0.05, 0) is 25.3 Å². The maximum absolute atomic E-state index is 12.2. The van der Waals surface area contributed by atoms with Gasteiger partial charge in [0.1, 0.15) is 4.21 Å². The first-order valence-electron chi connectivity index (χ1n) is 4.91. The lowest BCUT2D eigenvalue weighted by Crippen LogP contribution is -2.42. The second-order valence-electron chi connectivity index (χ2n) is 3.67. The largest absolute Gasteiger partial charge is 0.409 e. The normalized spacial score (nSPS) is 13.5. The van der Waals surface area contributed by atoms with Gasteiger partial charge in [-0.2, -0.15) is 4.31 Å². The molecular weight excluding hydrogens is 262 g/mol. The molecule has 0 aromatic carbocycles.